The first-order valence-electron chi connectivity index (χ1n) is 5.62. The molecule has 0 saturated heterocycles. The van der Waals surface area contributed by atoms with Crippen molar-refractivity contribution in [2.45, 2.75) is 6.54 Å². The Morgan fingerprint density at radius 3 is 2.65 bits per heavy atom. The SMILES string of the molecule is CN(C)CCN(C)Cc1cccnc1C(=N)N. The minimum absolute atomic E-state index is 0.0293. The van der Waals surface area contributed by atoms with Crippen LogP contribution in [0.2, 0.25) is 0 Å². The highest BCUT2D eigenvalue weighted by Gasteiger charge is 2.08. The van der Waals surface area contributed by atoms with Crippen LogP contribution in [-0.2, 0) is 6.54 Å². The van der Waals surface area contributed by atoms with E-state index in [1.54, 1.807) is 6.20 Å². The van der Waals surface area contributed by atoms with E-state index in [0.29, 0.717) is 5.69 Å². The second-order valence-electron chi connectivity index (χ2n) is 4.47. The van der Waals surface area contributed by atoms with E-state index < -0.39 is 0 Å². The predicted octanol–water partition coefficient (Wildman–Crippen LogP) is 0.359. The van der Waals surface area contributed by atoms with E-state index in [0.717, 1.165) is 25.2 Å². The zero-order valence-electron chi connectivity index (χ0n) is 10.8. The molecule has 1 rings (SSSR count). The van der Waals surface area contributed by atoms with Crippen LogP contribution in [0.5, 0.6) is 0 Å². The standard InChI is InChI=1S/C12H21N5/c1-16(2)7-8-17(3)9-10-5-4-6-15-11(10)12(13)14/h4-6H,7-9H2,1-3H3,(H3,13,14). The molecule has 5 heteroatoms. The van der Waals surface area contributed by atoms with Crippen LogP contribution >= 0.6 is 0 Å². The van der Waals surface area contributed by atoms with Crippen molar-refractivity contribution in [3.05, 3.63) is 29.6 Å². The van der Waals surface area contributed by atoms with Gasteiger partial charge in [-0.1, -0.05) is 6.07 Å². The number of nitrogen functional groups attached to an aromatic ring is 1. The number of hydrogen-bond donors (Lipinski definition) is 2. The van der Waals surface area contributed by atoms with Crippen molar-refractivity contribution in [1.82, 2.24) is 14.8 Å². The highest BCUT2D eigenvalue weighted by atomic mass is 15.1. The highest BCUT2D eigenvalue weighted by Crippen LogP contribution is 2.07. The summed E-state index contributed by atoms with van der Waals surface area (Å²) in [4.78, 5) is 8.48. The van der Waals surface area contributed by atoms with Crippen molar-refractivity contribution in [2.75, 3.05) is 34.2 Å². The van der Waals surface area contributed by atoms with Crippen molar-refractivity contribution in [3.8, 4) is 0 Å². The third-order valence-corrected chi connectivity index (χ3v) is 2.52. The molecule has 0 bridgehead atoms. The molecule has 0 spiro atoms. The summed E-state index contributed by atoms with van der Waals surface area (Å²) in [7, 11) is 6.16. The van der Waals surface area contributed by atoms with Gasteiger partial charge in [0.15, 0.2) is 0 Å². The largest absolute Gasteiger partial charge is 0.382 e. The van der Waals surface area contributed by atoms with Gasteiger partial charge in [-0.2, -0.15) is 0 Å². The maximum absolute atomic E-state index is 7.48. The maximum atomic E-state index is 7.48. The number of likely N-dealkylation sites (N-methyl/N-ethyl adjacent to an activating group) is 2. The molecular weight excluding hydrogens is 214 g/mol. The average Bonchev–Trinajstić information content (AvgIpc) is 2.27. The van der Waals surface area contributed by atoms with Gasteiger partial charge in [0, 0.05) is 25.8 Å². The van der Waals surface area contributed by atoms with E-state index in [1.165, 1.54) is 0 Å². The van der Waals surface area contributed by atoms with Crippen molar-refractivity contribution in [1.29, 1.82) is 5.41 Å². The Morgan fingerprint density at radius 2 is 2.06 bits per heavy atom. The first kappa shape index (κ1) is 13.6. The Morgan fingerprint density at radius 1 is 1.35 bits per heavy atom. The molecular formula is C12H21N5. The minimum atomic E-state index is 0.0293. The Labute approximate surface area is 103 Å². The van der Waals surface area contributed by atoms with Gasteiger partial charge in [0.05, 0.1) is 0 Å². The number of nitrogens with zero attached hydrogens (tertiary/aromatic N) is 3. The minimum Gasteiger partial charge on any atom is -0.382 e. The predicted molar refractivity (Wildman–Crippen MR) is 70.1 cm³/mol. The lowest BCUT2D eigenvalue weighted by Gasteiger charge is -2.20. The summed E-state index contributed by atoms with van der Waals surface area (Å²) < 4.78 is 0. The molecule has 3 N–H and O–H groups in total. The van der Waals surface area contributed by atoms with E-state index in [4.69, 9.17) is 11.1 Å². The fourth-order valence-electron chi connectivity index (χ4n) is 1.55. The van der Waals surface area contributed by atoms with Gasteiger partial charge in [0.25, 0.3) is 0 Å². The van der Waals surface area contributed by atoms with Crippen molar-refractivity contribution in [2.24, 2.45) is 5.73 Å². The molecule has 17 heavy (non-hydrogen) atoms. The van der Waals surface area contributed by atoms with E-state index in [2.05, 4.69) is 35.9 Å². The second kappa shape index (κ2) is 6.32. The molecule has 0 amide bonds. The fraction of sp³-hybridized carbons (Fsp3) is 0.500. The molecule has 1 heterocycles. The van der Waals surface area contributed by atoms with E-state index in [1.807, 2.05) is 12.1 Å². The summed E-state index contributed by atoms with van der Waals surface area (Å²) in [5, 5.41) is 7.48. The fourth-order valence-corrected chi connectivity index (χ4v) is 1.55. The van der Waals surface area contributed by atoms with Crippen molar-refractivity contribution in [3.63, 3.8) is 0 Å². The van der Waals surface area contributed by atoms with E-state index >= 15 is 0 Å². The van der Waals surface area contributed by atoms with Crippen LogP contribution in [0.3, 0.4) is 0 Å². The Balaban J connectivity index is 2.64. The average molecular weight is 235 g/mol. The Kier molecular flexibility index (Phi) is 5.06. The van der Waals surface area contributed by atoms with Crippen molar-refractivity contribution < 1.29 is 0 Å². The quantitative estimate of drug-likeness (QED) is 0.552. The number of nitrogens with two attached hydrogens (primary N) is 1. The van der Waals surface area contributed by atoms with Crippen LogP contribution in [0.25, 0.3) is 0 Å². The van der Waals surface area contributed by atoms with Crippen LogP contribution in [-0.4, -0.2) is 54.9 Å². The molecule has 0 aromatic carbocycles. The first-order valence-corrected chi connectivity index (χ1v) is 5.62. The Hall–Kier alpha value is -1.46. The molecule has 0 aliphatic carbocycles. The summed E-state index contributed by atoms with van der Waals surface area (Å²) >= 11 is 0. The zero-order chi connectivity index (χ0) is 12.8. The lowest BCUT2D eigenvalue weighted by molar-refractivity contribution is 0.276. The Bertz CT molecular complexity index is 375. The molecule has 0 aliphatic heterocycles. The molecule has 0 aliphatic rings. The molecule has 0 unspecified atom stereocenters. The molecule has 0 fully saturated rings. The smallest absolute Gasteiger partial charge is 0.142 e. The molecule has 94 valence electrons. The van der Waals surface area contributed by atoms with Crippen LogP contribution in [0.4, 0.5) is 0 Å². The van der Waals surface area contributed by atoms with Gasteiger partial charge in [0.1, 0.15) is 11.5 Å². The van der Waals surface area contributed by atoms with Gasteiger partial charge in [-0.3, -0.25) is 10.4 Å². The summed E-state index contributed by atoms with van der Waals surface area (Å²) in [6.45, 7) is 2.74. The van der Waals surface area contributed by atoms with Crippen LogP contribution in [0.15, 0.2) is 18.3 Å². The number of aromatic nitrogens is 1. The summed E-state index contributed by atoms with van der Waals surface area (Å²) in [6.07, 6.45) is 1.67. The van der Waals surface area contributed by atoms with Gasteiger partial charge >= 0.3 is 0 Å². The molecule has 0 saturated carbocycles. The van der Waals surface area contributed by atoms with E-state index in [-0.39, 0.29) is 5.84 Å². The van der Waals surface area contributed by atoms with Gasteiger partial charge in [-0.25, -0.2) is 0 Å². The van der Waals surface area contributed by atoms with E-state index in [9.17, 15) is 0 Å². The number of nitrogens with one attached hydrogen (secondary N) is 1. The molecule has 5 nitrogen and oxygen atoms in total. The van der Waals surface area contributed by atoms with Crippen molar-refractivity contribution >= 4 is 5.84 Å². The zero-order valence-corrected chi connectivity index (χ0v) is 10.8. The first-order chi connectivity index (χ1) is 8.00. The van der Waals surface area contributed by atoms with Crippen LogP contribution in [0, 0.1) is 5.41 Å². The highest BCUT2D eigenvalue weighted by molar-refractivity contribution is 5.94. The third kappa shape index (κ3) is 4.50. The monoisotopic (exact) mass is 235 g/mol. The molecule has 1 aromatic heterocycles. The number of rotatable bonds is 6. The van der Waals surface area contributed by atoms with Crippen LogP contribution < -0.4 is 5.73 Å². The molecule has 0 atom stereocenters. The van der Waals surface area contributed by atoms with Gasteiger partial charge in [-0.15, -0.1) is 0 Å². The lowest BCUT2D eigenvalue weighted by atomic mass is 10.1. The van der Waals surface area contributed by atoms with Gasteiger partial charge < -0.3 is 15.5 Å². The lowest BCUT2D eigenvalue weighted by Crippen LogP contribution is -2.29. The summed E-state index contributed by atoms with van der Waals surface area (Å²) in [5.41, 5.74) is 7.09. The second-order valence-corrected chi connectivity index (χ2v) is 4.47. The number of hydrogen-bond acceptors (Lipinski definition) is 4. The van der Waals surface area contributed by atoms with Crippen LogP contribution in [0.1, 0.15) is 11.3 Å². The normalized spacial score (nSPS) is 11.1. The van der Waals surface area contributed by atoms with Gasteiger partial charge in [-0.05, 0) is 32.8 Å². The summed E-state index contributed by atoms with van der Waals surface area (Å²) in [5.74, 6) is 0.0293. The molecule has 1 aromatic rings. The number of pyridine rings is 1. The third-order valence-electron chi connectivity index (χ3n) is 2.52. The maximum Gasteiger partial charge on any atom is 0.142 e. The topological polar surface area (TPSA) is 69.2 Å². The number of amidine groups is 1. The summed E-state index contributed by atoms with van der Waals surface area (Å²) in [6, 6.07) is 3.84. The molecule has 0 radical (unpaired) electrons. The van der Waals surface area contributed by atoms with Gasteiger partial charge in [0.2, 0.25) is 0 Å².